The third-order valence-electron chi connectivity index (χ3n) is 9.67. The van der Waals surface area contributed by atoms with Crippen LogP contribution < -0.4 is 0 Å². The van der Waals surface area contributed by atoms with E-state index in [-0.39, 0.29) is 0 Å². The molecule has 0 spiro atoms. The highest BCUT2D eigenvalue weighted by Gasteiger charge is 2.15. The first kappa shape index (κ1) is 27.9. The number of hydrogen-bond acceptors (Lipinski definition) is 3. The molecule has 0 aliphatic heterocycles. The van der Waals surface area contributed by atoms with Gasteiger partial charge in [0.1, 0.15) is 0 Å². The van der Waals surface area contributed by atoms with Crippen LogP contribution in [0.2, 0.25) is 0 Å². The van der Waals surface area contributed by atoms with Crippen LogP contribution in [0.5, 0.6) is 0 Å². The molecule has 0 atom stereocenters. The van der Waals surface area contributed by atoms with Gasteiger partial charge in [-0.25, -0.2) is 9.97 Å². The molecule has 0 fully saturated rings. The maximum Gasteiger partial charge on any atom is 0.160 e. The van der Waals surface area contributed by atoms with Crippen molar-refractivity contribution in [2.24, 2.45) is 0 Å². The van der Waals surface area contributed by atoms with Gasteiger partial charge in [0, 0.05) is 36.9 Å². The SMILES string of the molecule is c1ccc(-c2nc(-c3ccc(-c4c5ccccc5cc5c4ccc4ccccc45)cc3)cc(-c3ccc4c(c3)sc3ccccc34)n2)cc1. The van der Waals surface area contributed by atoms with Crippen LogP contribution >= 0.6 is 11.3 Å². The van der Waals surface area contributed by atoms with Crippen molar-refractivity contribution < 1.29 is 0 Å². The minimum atomic E-state index is 0.723. The van der Waals surface area contributed by atoms with Gasteiger partial charge < -0.3 is 0 Å². The van der Waals surface area contributed by atoms with Crippen molar-refractivity contribution in [3.8, 4) is 45.0 Å². The van der Waals surface area contributed by atoms with E-state index in [9.17, 15) is 0 Å². The zero-order valence-corrected chi connectivity index (χ0v) is 27.3. The van der Waals surface area contributed by atoms with Crippen molar-refractivity contribution in [1.82, 2.24) is 9.97 Å². The molecule has 0 aliphatic carbocycles. The third-order valence-corrected chi connectivity index (χ3v) is 10.8. The van der Waals surface area contributed by atoms with E-state index in [1.54, 1.807) is 0 Å². The van der Waals surface area contributed by atoms with Gasteiger partial charge in [0.25, 0.3) is 0 Å². The van der Waals surface area contributed by atoms with Crippen molar-refractivity contribution in [3.63, 3.8) is 0 Å². The predicted octanol–water partition coefficient (Wildman–Crippen LogP) is 13.0. The maximum absolute atomic E-state index is 5.12. The number of aromatic nitrogens is 2. The first-order chi connectivity index (χ1) is 24.3. The van der Waals surface area contributed by atoms with E-state index in [1.807, 2.05) is 29.5 Å². The minimum Gasteiger partial charge on any atom is -0.228 e. The highest BCUT2D eigenvalue weighted by molar-refractivity contribution is 7.25. The second-order valence-electron chi connectivity index (χ2n) is 12.6. The quantitative estimate of drug-likeness (QED) is 0.141. The summed E-state index contributed by atoms with van der Waals surface area (Å²) in [7, 11) is 0. The summed E-state index contributed by atoms with van der Waals surface area (Å²) in [5, 5.41) is 10.2. The molecular formula is C46H28N2S. The fourth-order valence-electron chi connectivity index (χ4n) is 7.28. The second kappa shape index (κ2) is 11.2. The van der Waals surface area contributed by atoms with Gasteiger partial charge in [0.2, 0.25) is 0 Å². The molecule has 0 amide bonds. The van der Waals surface area contributed by atoms with Crippen molar-refractivity contribution in [2.75, 3.05) is 0 Å². The highest BCUT2D eigenvalue weighted by Crippen LogP contribution is 2.41. The van der Waals surface area contributed by atoms with Gasteiger partial charge in [0.05, 0.1) is 11.4 Å². The number of rotatable bonds is 4. The second-order valence-corrected chi connectivity index (χ2v) is 13.7. The van der Waals surface area contributed by atoms with Crippen molar-refractivity contribution >= 4 is 63.8 Å². The lowest BCUT2D eigenvalue weighted by Crippen LogP contribution is -1.96. The van der Waals surface area contributed by atoms with E-state index in [2.05, 4.69) is 152 Å². The summed E-state index contributed by atoms with van der Waals surface area (Å²) < 4.78 is 2.56. The normalized spacial score (nSPS) is 11.7. The smallest absolute Gasteiger partial charge is 0.160 e. The Morgan fingerprint density at radius 1 is 0.327 bits per heavy atom. The summed E-state index contributed by atoms with van der Waals surface area (Å²) in [5.74, 6) is 0.723. The van der Waals surface area contributed by atoms with Crippen molar-refractivity contribution in [2.45, 2.75) is 0 Å². The fraction of sp³-hybridized carbons (Fsp3) is 0. The molecule has 49 heavy (non-hydrogen) atoms. The van der Waals surface area contributed by atoms with E-state index in [0.29, 0.717) is 0 Å². The fourth-order valence-corrected chi connectivity index (χ4v) is 8.43. The average molecular weight is 641 g/mol. The van der Waals surface area contributed by atoms with Gasteiger partial charge in [-0.2, -0.15) is 0 Å². The molecule has 0 unspecified atom stereocenters. The third kappa shape index (κ3) is 4.70. The molecule has 0 aliphatic rings. The molecule has 0 saturated heterocycles. The Morgan fingerprint density at radius 3 is 1.78 bits per heavy atom. The zero-order valence-electron chi connectivity index (χ0n) is 26.5. The standard InChI is InChI=1S/C46H28N2S/c1-2-11-32(12-3-1)46-47-41(28-42(48-46)34-23-24-38-37-16-8-9-17-43(37)49-44(38)27-34)30-18-20-31(21-19-30)45-36-15-7-5-13-33(36)26-40-35-14-6-4-10-29(35)22-25-39(40)45/h1-28H. The van der Waals surface area contributed by atoms with Crippen molar-refractivity contribution in [3.05, 3.63) is 170 Å². The highest BCUT2D eigenvalue weighted by atomic mass is 32.1. The van der Waals surface area contributed by atoms with Crippen LogP contribution in [0.15, 0.2) is 170 Å². The monoisotopic (exact) mass is 640 g/mol. The van der Waals surface area contributed by atoms with Crippen molar-refractivity contribution in [1.29, 1.82) is 0 Å². The molecule has 10 rings (SSSR count). The molecule has 8 aromatic carbocycles. The van der Waals surface area contributed by atoms with Crippen LogP contribution in [0.3, 0.4) is 0 Å². The number of fused-ring (bicyclic) bond motifs is 7. The average Bonchev–Trinajstić information content (AvgIpc) is 3.55. The molecule has 2 heterocycles. The first-order valence-electron chi connectivity index (χ1n) is 16.6. The number of hydrogen-bond donors (Lipinski definition) is 0. The van der Waals surface area contributed by atoms with Gasteiger partial charge in [-0.15, -0.1) is 11.3 Å². The van der Waals surface area contributed by atoms with E-state index in [1.165, 1.54) is 63.6 Å². The van der Waals surface area contributed by atoms with E-state index in [0.717, 1.165) is 33.9 Å². The summed E-state index contributed by atoms with van der Waals surface area (Å²) >= 11 is 1.83. The van der Waals surface area contributed by atoms with Crippen LogP contribution in [0.25, 0.3) is 97.5 Å². The van der Waals surface area contributed by atoms with Crippen LogP contribution in [-0.4, -0.2) is 9.97 Å². The Kier molecular flexibility index (Phi) is 6.39. The van der Waals surface area contributed by atoms with E-state index < -0.39 is 0 Å². The zero-order chi connectivity index (χ0) is 32.3. The number of nitrogens with zero attached hydrogens (tertiary/aromatic N) is 2. The molecule has 0 radical (unpaired) electrons. The van der Waals surface area contributed by atoms with Crippen LogP contribution in [0, 0.1) is 0 Å². The Hall–Kier alpha value is -6.16. The summed E-state index contributed by atoms with van der Waals surface area (Å²) in [6.45, 7) is 0. The van der Waals surface area contributed by atoms with Crippen LogP contribution in [0.1, 0.15) is 0 Å². The molecule has 2 aromatic heterocycles. The van der Waals surface area contributed by atoms with E-state index in [4.69, 9.17) is 9.97 Å². The Balaban J connectivity index is 1.13. The number of benzene rings is 8. The number of thiophene rings is 1. The lowest BCUT2D eigenvalue weighted by molar-refractivity contribution is 1.18. The predicted molar refractivity (Wildman–Crippen MR) is 209 cm³/mol. The lowest BCUT2D eigenvalue weighted by Gasteiger charge is -2.15. The van der Waals surface area contributed by atoms with E-state index >= 15 is 0 Å². The maximum atomic E-state index is 5.12. The molecular weight excluding hydrogens is 613 g/mol. The molecule has 3 heteroatoms. The summed E-state index contributed by atoms with van der Waals surface area (Å²) in [6, 6.07) is 60.9. The van der Waals surface area contributed by atoms with Crippen LogP contribution in [-0.2, 0) is 0 Å². The van der Waals surface area contributed by atoms with Gasteiger partial charge in [0.15, 0.2) is 5.82 Å². The summed E-state index contributed by atoms with van der Waals surface area (Å²) in [6.07, 6.45) is 0. The Bertz CT molecular complexity index is 2870. The topological polar surface area (TPSA) is 25.8 Å². The molecule has 10 aromatic rings. The Labute approximate surface area is 287 Å². The minimum absolute atomic E-state index is 0.723. The molecule has 2 nitrogen and oxygen atoms in total. The summed E-state index contributed by atoms with van der Waals surface area (Å²) in [4.78, 5) is 10.2. The van der Waals surface area contributed by atoms with Gasteiger partial charge in [-0.1, -0.05) is 146 Å². The molecule has 0 saturated carbocycles. The van der Waals surface area contributed by atoms with Gasteiger partial charge in [-0.05, 0) is 67.7 Å². The lowest BCUT2D eigenvalue weighted by atomic mass is 9.89. The molecule has 0 N–H and O–H groups in total. The largest absolute Gasteiger partial charge is 0.228 e. The van der Waals surface area contributed by atoms with Crippen LogP contribution in [0.4, 0.5) is 0 Å². The van der Waals surface area contributed by atoms with Gasteiger partial charge >= 0.3 is 0 Å². The summed E-state index contributed by atoms with van der Waals surface area (Å²) in [5.41, 5.74) is 7.41. The molecule has 228 valence electrons. The van der Waals surface area contributed by atoms with Gasteiger partial charge in [-0.3, -0.25) is 0 Å². The molecule has 0 bridgehead atoms. The first-order valence-corrected chi connectivity index (χ1v) is 17.4. The Morgan fingerprint density at radius 2 is 0.939 bits per heavy atom.